The lowest BCUT2D eigenvalue weighted by Crippen LogP contribution is -2.44. The molecule has 0 unspecified atom stereocenters. The first kappa shape index (κ1) is 19.5. The predicted octanol–water partition coefficient (Wildman–Crippen LogP) is 3.45. The van der Waals surface area contributed by atoms with Crippen molar-refractivity contribution in [3.63, 3.8) is 0 Å². The second-order valence-electron chi connectivity index (χ2n) is 7.81. The fourth-order valence-electron chi connectivity index (χ4n) is 3.64. The third-order valence-corrected chi connectivity index (χ3v) is 6.15. The maximum absolute atomic E-state index is 4.60. The zero-order chi connectivity index (χ0) is 18.7. The van der Waals surface area contributed by atoms with Crippen LogP contribution in [0.25, 0.3) is 0 Å². The van der Waals surface area contributed by atoms with Crippen LogP contribution in [0.1, 0.15) is 33.0 Å². The van der Waals surface area contributed by atoms with E-state index in [1.165, 1.54) is 54.1 Å². The van der Waals surface area contributed by atoms with E-state index in [0.717, 1.165) is 24.6 Å². The molecule has 1 aromatic carbocycles. The van der Waals surface area contributed by atoms with Crippen LogP contribution in [-0.4, -0.2) is 60.0 Å². The molecule has 142 valence electrons. The number of aromatic nitrogens is 1. The number of hydrogen-bond donors (Lipinski definition) is 0. The average Bonchev–Trinajstić information content (AvgIpc) is 2.98. The first-order chi connectivity index (χ1) is 12.4. The molecule has 1 aliphatic rings. The van der Waals surface area contributed by atoms with Gasteiger partial charge >= 0.3 is 0 Å². The summed E-state index contributed by atoms with van der Waals surface area (Å²) < 4.78 is 0. The fraction of sp³-hybridized carbons (Fsp3) is 0.571. The Kier molecular flexibility index (Phi) is 6.46. The molecule has 3 rings (SSSR count). The quantitative estimate of drug-likeness (QED) is 0.775. The van der Waals surface area contributed by atoms with E-state index in [2.05, 4.69) is 72.1 Å². The minimum absolute atomic E-state index is 0.908. The van der Waals surface area contributed by atoms with Crippen LogP contribution in [-0.2, 0) is 19.6 Å². The third-order valence-electron chi connectivity index (χ3n) is 5.32. The van der Waals surface area contributed by atoms with Gasteiger partial charge in [-0.1, -0.05) is 12.1 Å². The van der Waals surface area contributed by atoms with Crippen LogP contribution in [0.3, 0.4) is 0 Å². The van der Waals surface area contributed by atoms with Crippen molar-refractivity contribution in [3.8, 4) is 0 Å². The molecule has 2 aromatic rings. The van der Waals surface area contributed by atoms with Gasteiger partial charge < -0.3 is 4.90 Å². The predicted molar refractivity (Wildman–Crippen MR) is 111 cm³/mol. The normalized spacial score (nSPS) is 16.5. The first-order valence-corrected chi connectivity index (χ1v) is 10.4. The maximum Gasteiger partial charge on any atom is 0.0897 e. The van der Waals surface area contributed by atoms with E-state index in [1.54, 1.807) is 11.3 Å². The van der Waals surface area contributed by atoms with Gasteiger partial charge in [-0.05, 0) is 57.1 Å². The van der Waals surface area contributed by atoms with Gasteiger partial charge in [0, 0.05) is 51.2 Å². The summed E-state index contributed by atoms with van der Waals surface area (Å²) in [5.74, 6) is 0. The molecule has 1 aromatic heterocycles. The molecule has 0 N–H and O–H groups in total. The maximum atomic E-state index is 4.60. The highest BCUT2D eigenvalue weighted by atomic mass is 32.1. The standard InChI is InChI=1S/C21H32N4S/c1-16-10-17(2)20(13-25-8-6-23(4)7-9-25)11-19(16)12-24(5)14-21-15-26-18(3)22-21/h10-11,15H,6-9,12-14H2,1-5H3. The van der Waals surface area contributed by atoms with E-state index in [1.807, 2.05) is 0 Å². The lowest BCUT2D eigenvalue weighted by molar-refractivity contribution is 0.148. The minimum Gasteiger partial charge on any atom is -0.304 e. The smallest absolute Gasteiger partial charge is 0.0897 e. The van der Waals surface area contributed by atoms with E-state index in [-0.39, 0.29) is 0 Å². The van der Waals surface area contributed by atoms with Crippen molar-refractivity contribution in [2.75, 3.05) is 40.3 Å². The van der Waals surface area contributed by atoms with Gasteiger partial charge in [0.25, 0.3) is 0 Å². The Balaban J connectivity index is 1.66. The van der Waals surface area contributed by atoms with Gasteiger partial charge in [0.2, 0.25) is 0 Å². The molecule has 2 heterocycles. The Morgan fingerprint density at radius 3 is 2.35 bits per heavy atom. The number of piperazine rings is 1. The summed E-state index contributed by atoms with van der Waals surface area (Å²) in [4.78, 5) is 12.0. The molecule has 1 aliphatic heterocycles. The van der Waals surface area contributed by atoms with Crippen LogP contribution in [0.15, 0.2) is 17.5 Å². The molecule has 0 bridgehead atoms. The summed E-state index contributed by atoms with van der Waals surface area (Å²) in [6.45, 7) is 14.2. The average molecular weight is 373 g/mol. The zero-order valence-corrected chi connectivity index (χ0v) is 17.7. The number of rotatable bonds is 6. The van der Waals surface area contributed by atoms with Crippen molar-refractivity contribution in [1.29, 1.82) is 0 Å². The van der Waals surface area contributed by atoms with E-state index >= 15 is 0 Å². The molecule has 0 amide bonds. The van der Waals surface area contributed by atoms with Crippen molar-refractivity contribution in [2.24, 2.45) is 0 Å². The van der Waals surface area contributed by atoms with Crippen LogP contribution < -0.4 is 0 Å². The van der Waals surface area contributed by atoms with Crippen molar-refractivity contribution in [2.45, 2.75) is 40.4 Å². The lowest BCUT2D eigenvalue weighted by Gasteiger charge is -2.33. The van der Waals surface area contributed by atoms with Gasteiger partial charge in [0.05, 0.1) is 10.7 Å². The van der Waals surface area contributed by atoms with Crippen LogP contribution in [0.2, 0.25) is 0 Å². The van der Waals surface area contributed by atoms with Gasteiger partial charge in [-0.25, -0.2) is 4.98 Å². The Morgan fingerprint density at radius 1 is 1.00 bits per heavy atom. The van der Waals surface area contributed by atoms with Gasteiger partial charge in [-0.15, -0.1) is 11.3 Å². The number of aryl methyl sites for hydroxylation is 3. The second kappa shape index (κ2) is 8.61. The summed E-state index contributed by atoms with van der Waals surface area (Å²) >= 11 is 1.73. The number of benzene rings is 1. The summed E-state index contributed by atoms with van der Waals surface area (Å²) in [7, 11) is 4.40. The summed E-state index contributed by atoms with van der Waals surface area (Å²) in [6, 6.07) is 4.80. The Hall–Kier alpha value is -1.27. The number of hydrogen-bond acceptors (Lipinski definition) is 5. The summed E-state index contributed by atoms with van der Waals surface area (Å²) in [6.07, 6.45) is 0. The van der Waals surface area contributed by atoms with Crippen LogP contribution >= 0.6 is 11.3 Å². The molecule has 1 fully saturated rings. The highest BCUT2D eigenvalue weighted by molar-refractivity contribution is 7.09. The van der Waals surface area contributed by atoms with Gasteiger partial charge in [-0.3, -0.25) is 9.80 Å². The number of thiazole rings is 1. The molecular weight excluding hydrogens is 340 g/mol. The SMILES string of the molecule is Cc1nc(CN(C)Cc2cc(CN3CCN(C)CC3)c(C)cc2C)cs1. The van der Waals surface area contributed by atoms with Gasteiger partial charge in [-0.2, -0.15) is 0 Å². The van der Waals surface area contributed by atoms with Crippen molar-refractivity contribution < 1.29 is 0 Å². The molecule has 0 spiro atoms. The fourth-order valence-corrected chi connectivity index (χ4v) is 4.24. The monoisotopic (exact) mass is 372 g/mol. The molecule has 0 atom stereocenters. The van der Waals surface area contributed by atoms with Crippen LogP contribution in [0, 0.1) is 20.8 Å². The van der Waals surface area contributed by atoms with Gasteiger partial charge in [0.1, 0.15) is 0 Å². The molecule has 5 heteroatoms. The Labute approximate surface area is 162 Å². The van der Waals surface area contributed by atoms with Gasteiger partial charge in [0.15, 0.2) is 0 Å². The first-order valence-electron chi connectivity index (χ1n) is 9.50. The highest BCUT2D eigenvalue weighted by Crippen LogP contribution is 2.20. The minimum atomic E-state index is 0.908. The van der Waals surface area contributed by atoms with Crippen molar-refractivity contribution in [1.82, 2.24) is 19.7 Å². The molecule has 0 aliphatic carbocycles. The molecule has 4 nitrogen and oxygen atoms in total. The Bertz CT molecular complexity index is 732. The second-order valence-corrected chi connectivity index (χ2v) is 8.88. The molecule has 0 saturated carbocycles. The van der Waals surface area contributed by atoms with E-state index < -0.39 is 0 Å². The summed E-state index contributed by atoms with van der Waals surface area (Å²) in [5.41, 5.74) is 6.91. The van der Waals surface area contributed by atoms with Crippen LogP contribution in [0.5, 0.6) is 0 Å². The number of likely N-dealkylation sites (N-methyl/N-ethyl adjacent to an activating group) is 1. The molecule has 1 saturated heterocycles. The van der Waals surface area contributed by atoms with Crippen molar-refractivity contribution >= 4 is 11.3 Å². The number of nitrogens with zero attached hydrogens (tertiary/aromatic N) is 4. The van der Waals surface area contributed by atoms with E-state index in [9.17, 15) is 0 Å². The molecule has 26 heavy (non-hydrogen) atoms. The Morgan fingerprint density at radius 2 is 1.69 bits per heavy atom. The molecule has 0 radical (unpaired) electrons. The highest BCUT2D eigenvalue weighted by Gasteiger charge is 2.16. The van der Waals surface area contributed by atoms with Crippen LogP contribution in [0.4, 0.5) is 0 Å². The third kappa shape index (κ3) is 5.13. The zero-order valence-electron chi connectivity index (χ0n) is 16.9. The lowest BCUT2D eigenvalue weighted by atomic mass is 9.99. The van der Waals surface area contributed by atoms with E-state index in [4.69, 9.17) is 0 Å². The van der Waals surface area contributed by atoms with E-state index in [0.29, 0.717) is 0 Å². The largest absolute Gasteiger partial charge is 0.304 e. The molecular formula is C21H32N4S. The summed E-state index contributed by atoms with van der Waals surface area (Å²) in [5, 5.41) is 3.32. The van der Waals surface area contributed by atoms with Crippen molar-refractivity contribution in [3.05, 3.63) is 50.5 Å². The topological polar surface area (TPSA) is 22.6 Å².